The first kappa shape index (κ1) is 12.4. The van der Waals surface area contributed by atoms with Gasteiger partial charge in [-0.05, 0) is 32.5 Å². The topological polar surface area (TPSA) is 38.5 Å². The van der Waals surface area contributed by atoms with Gasteiger partial charge in [0.05, 0.1) is 13.2 Å². The number of likely N-dealkylation sites (tertiary alicyclic amines) is 1. The van der Waals surface area contributed by atoms with Gasteiger partial charge in [0.1, 0.15) is 5.75 Å². The molecule has 0 spiro atoms. The van der Waals surface area contributed by atoms with E-state index in [2.05, 4.69) is 24.1 Å². The van der Waals surface area contributed by atoms with Crippen LogP contribution in [0, 0.1) is 0 Å². The third kappa shape index (κ3) is 2.61. The van der Waals surface area contributed by atoms with Crippen LogP contribution in [0.25, 0.3) is 0 Å². The molecule has 0 radical (unpaired) electrons. The predicted octanol–water partition coefficient (Wildman–Crippen LogP) is 2.18. The highest BCUT2D eigenvalue weighted by Crippen LogP contribution is 2.33. The molecule has 2 unspecified atom stereocenters. The van der Waals surface area contributed by atoms with Crippen molar-refractivity contribution in [3.8, 4) is 5.75 Å². The zero-order valence-electron chi connectivity index (χ0n) is 10.7. The van der Waals surface area contributed by atoms with Crippen LogP contribution >= 0.6 is 0 Å². The number of benzene rings is 1. The lowest BCUT2D eigenvalue weighted by Crippen LogP contribution is -2.37. The fraction of sp³-hybridized carbons (Fsp3) is 0.571. The molecule has 1 saturated heterocycles. The van der Waals surface area contributed by atoms with E-state index in [9.17, 15) is 0 Å². The smallest absolute Gasteiger partial charge is 0.123 e. The zero-order valence-corrected chi connectivity index (χ0v) is 10.7. The summed E-state index contributed by atoms with van der Waals surface area (Å²) >= 11 is 0. The second-order valence-electron chi connectivity index (χ2n) is 4.83. The van der Waals surface area contributed by atoms with Gasteiger partial charge >= 0.3 is 0 Å². The standard InChI is InChI=1S/C14H22N2O/c1-16-10-6-5-8-12(15)14(16)11-7-3-4-9-13(11)17-2/h3-4,7,9,12,14H,5-6,8,10,15H2,1-2H3. The molecular weight excluding hydrogens is 212 g/mol. The molecule has 2 rings (SSSR count). The highest BCUT2D eigenvalue weighted by atomic mass is 16.5. The van der Waals surface area contributed by atoms with Gasteiger partial charge in [-0.2, -0.15) is 0 Å². The fourth-order valence-electron chi connectivity index (χ4n) is 2.74. The lowest BCUT2D eigenvalue weighted by Gasteiger charge is -2.31. The van der Waals surface area contributed by atoms with E-state index >= 15 is 0 Å². The molecule has 0 aromatic heterocycles. The van der Waals surface area contributed by atoms with Crippen LogP contribution in [-0.2, 0) is 0 Å². The first-order valence-corrected chi connectivity index (χ1v) is 6.32. The van der Waals surface area contributed by atoms with Gasteiger partial charge in [0.15, 0.2) is 0 Å². The Hall–Kier alpha value is -1.06. The van der Waals surface area contributed by atoms with E-state index in [1.54, 1.807) is 7.11 Å². The summed E-state index contributed by atoms with van der Waals surface area (Å²) in [6, 6.07) is 8.67. The Morgan fingerprint density at radius 2 is 2.06 bits per heavy atom. The largest absolute Gasteiger partial charge is 0.496 e. The van der Waals surface area contributed by atoms with Crippen LogP contribution in [0.5, 0.6) is 5.75 Å². The summed E-state index contributed by atoms with van der Waals surface area (Å²) in [6.07, 6.45) is 3.54. The Morgan fingerprint density at radius 3 is 2.82 bits per heavy atom. The minimum absolute atomic E-state index is 0.193. The van der Waals surface area contributed by atoms with E-state index in [0.717, 1.165) is 18.7 Å². The highest BCUT2D eigenvalue weighted by molar-refractivity contribution is 5.36. The first-order chi connectivity index (χ1) is 8.24. The van der Waals surface area contributed by atoms with E-state index in [-0.39, 0.29) is 12.1 Å². The summed E-state index contributed by atoms with van der Waals surface area (Å²) in [6.45, 7) is 1.11. The van der Waals surface area contributed by atoms with Crippen LogP contribution in [-0.4, -0.2) is 31.6 Å². The maximum absolute atomic E-state index is 6.33. The Labute approximate surface area is 104 Å². The average molecular weight is 234 g/mol. The van der Waals surface area contributed by atoms with Crippen molar-refractivity contribution >= 4 is 0 Å². The molecule has 1 aromatic carbocycles. The molecule has 94 valence electrons. The summed E-state index contributed by atoms with van der Waals surface area (Å²) in [5, 5.41) is 0. The zero-order chi connectivity index (χ0) is 12.3. The maximum atomic E-state index is 6.33. The normalized spacial score (nSPS) is 26.5. The third-order valence-electron chi connectivity index (χ3n) is 3.64. The molecule has 2 atom stereocenters. The number of nitrogens with two attached hydrogens (primary N) is 1. The molecule has 1 fully saturated rings. The highest BCUT2D eigenvalue weighted by Gasteiger charge is 2.28. The molecule has 1 aliphatic rings. The molecule has 1 heterocycles. The number of likely N-dealkylation sites (N-methyl/N-ethyl adjacent to an activating group) is 1. The van der Waals surface area contributed by atoms with Gasteiger partial charge in [0.2, 0.25) is 0 Å². The molecule has 1 aliphatic heterocycles. The van der Waals surface area contributed by atoms with Gasteiger partial charge in [-0.25, -0.2) is 0 Å². The van der Waals surface area contributed by atoms with Crippen LogP contribution in [0.2, 0.25) is 0 Å². The van der Waals surface area contributed by atoms with E-state index in [4.69, 9.17) is 10.5 Å². The summed E-state index contributed by atoms with van der Waals surface area (Å²) in [7, 11) is 3.88. The van der Waals surface area contributed by atoms with Gasteiger partial charge in [-0.3, -0.25) is 4.90 Å². The molecule has 3 heteroatoms. The van der Waals surface area contributed by atoms with E-state index < -0.39 is 0 Å². The number of rotatable bonds is 2. The molecule has 0 aliphatic carbocycles. The first-order valence-electron chi connectivity index (χ1n) is 6.32. The molecule has 0 amide bonds. The van der Waals surface area contributed by atoms with Crippen molar-refractivity contribution in [2.45, 2.75) is 31.3 Å². The van der Waals surface area contributed by atoms with Crippen molar-refractivity contribution in [3.05, 3.63) is 29.8 Å². The number of hydrogen-bond acceptors (Lipinski definition) is 3. The number of para-hydroxylation sites is 1. The minimum atomic E-state index is 0.193. The maximum Gasteiger partial charge on any atom is 0.123 e. The van der Waals surface area contributed by atoms with Crippen LogP contribution in [0.1, 0.15) is 30.9 Å². The van der Waals surface area contributed by atoms with Crippen molar-refractivity contribution in [3.63, 3.8) is 0 Å². The van der Waals surface area contributed by atoms with E-state index in [0.29, 0.717) is 0 Å². The summed E-state index contributed by atoms with van der Waals surface area (Å²) in [5.41, 5.74) is 7.54. The van der Waals surface area contributed by atoms with Crippen LogP contribution in [0.3, 0.4) is 0 Å². The van der Waals surface area contributed by atoms with Gasteiger partial charge in [0, 0.05) is 11.6 Å². The molecule has 0 saturated carbocycles. The van der Waals surface area contributed by atoms with Crippen molar-refractivity contribution in [1.82, 2.24) is 4.90 Å². The second kappa shape index (κ2) is 5.52. The number of methoxy groups -OCH3 is 1. The van der Waals surface area contributed by atoms with Crippen LogP contribution in [0.4, 0.5) is 0 Å². The van der Waals surface area contributed by atoms with E-state index in [1.807, 2.05) is 12.1 Å². The van der Waals surface area contributed by atoms with Crippen LogP contribution in [0.15, 0.2) is 24.3 Å². The lowest BCUT2D eigenvalue weighted by atomic mass is 9.96. The molecule has 3 nitrogen and oxygen atoms in total. The molecule has 1 aromatic rings. The van der Waals surface area contributed by atoms with Gasteiger partial charge in [-0.1, -0.05) is 24.6 Å². The Balaban J connectivity index is 2.34. The van der Waals surface area contributed by atoms with Gasteiger partial charge in [0.25, 0.3) is 0 Å². The van der Waals surface area contributed by atoms with Crippen molar-refractivity contribution in [1.29, 1.82) is 0 Å². The van der Waals surface area contributed by atoms with Gasteiger partial charge < -0.3 is 10.5 Å². The second-order valence-corrected chi connectivity index (χ2v) is 4.83. The lowest BCUT2D eigenvalue weighted by molar-refractivity contribution is 0.224. The molecule has 0 bridgehead atoms. The number of nitrogens with zero attached hydrogens (tertiary/aromatic N) is 1. The fourth-order valence-corrected chi connectivity index (χ4v) is 2.74. The molecule has 17 heavy (non-hydrogen) atoms. The summed E-state index contributed by atoms with van der Waals surface area (Å²) in [4.78, 5) is 2.36. The number of hydrogen-bond donors (Lipinski definition) is 1. The Morgan fingerprint density at radius 1 is 1.29 bits per heavy atom. The quantitative estimate of drug-likeness (QED) is 0.852. The third-order valence-corrected chi connectivity index (χ3v) is 3.64. The SMILES string of the molecule is COc1ccccc1C1C(N)CCCCN1C. The Bertz CT molecular complexity index is 355. The summed E-state index contributed by atoms with van der Waals surface area (Å²) < 4.78 is 5.45. The van der Waals surface area contributed by atoms with Crippen molar-refractivity contribution < 1.29 is 4.74 Å². The monoisotopic (exact) mass is 234 g/mol. The van der Waals surface area contributed by atoms with Crippen molar-refractivity contribution in [2.75, 3.05) is 20.7 Å². The van der Waals surface area contributed by atoms with Crippen LogP contribution < -0.4 is 10.5 Å². The average Bonchev–Trinajstić information content (AvgIpc) is 2.51. The van der Waals surface area contributed by atoms with Gasteiger partial charge in [-0.15, -0.1) is 0 Å². The summed E-state index contributed by atoms with van der Waals surface area (Å²) in [5.74, 6) is 0.946. The minimum Gasteiger partial charge on any atom is -0.496 e. The predicted molar refractivity (Wildman–Crippen MR) is 70.2 cm³/mol. The van der Waals surface area contributed by atoms with E-state index in [1.165, 1.54) is 18.4 Å². The number of ether oxygens (including phenoxy) is 1. The molecular formula is C14H22N2O. The molecule has 2 N–H and O–H groups in total. The Kier molecular flexibility index (Phi) is 4.02. The van der Waals surface area contributed by atoms with Crippen molar-refractivity contribution in [2.24, 2.45) is 5.73 Å².